The molecule has 0 spiro atoms. The highest BCUT2D eigenvalue weighted by atomic mass is 17.0. The molecule has 1 saturated carbocycles. The molecule has 1 fully saturated rings. The highest BCUT2D eigenvalue weighted by molar-refractivity contribution is 5.75. The van der Waals surface area contributed by atoms with Crippen molar-refractivity contribution >= 4 is 5.97 Å². The van der Waals surface area contributed by atoms with E-state index in [0.29, 0.717) is 17.8 Å². The molecule has 0 bridgehead atoms. The second kappa shape index (κ2) is 7.61. The quantitative estimate of drug-likeness (QED) is 0.427. The van der Waals surface area contributed by atoms with Gasteiger partial charge in [-0.3, -0.25) is 4.84 Å². The molecule has 6 heteroatoms. The molecular formula is C15H27NO5. The fraction of sp³-hybridized carbons (Fsp3) is 0.933. The van der Waals surface area contributed by atoms with E-state index in [1.165, 1.54) is 0 Å². The molecule has 6 nitrogen and oxygen atoms in total. The highest BCUT2D eigenvalue weighted by Crippen LogP contribution is 2.35. The Labute approximate surface area is 126 Å². The van der Waals surface area contributed by atoms with Gasteiger partial charge in [-0.25, -0.2) is 4.79 Å². The zero-order valence-corrected chi connectivity index (χ0v) is 13.6. The summed E-state index contributed by atoms with van der Waals surface area (Å²) in [6.45, 7) is 9.80. The lowest BCUT2D eigenvalue weighted by atomic mass is 9.75. The van der Waals surface area contributed by atoms with Gasteiger partial charge < -0.3 is 4.74 Å². The highest BCUT2D eigenvalue weighted by Gasteiger charge is 2.36. The normalized spacial score (nSPS) is 27.5. The van der Waals surface area contributed by atoms with Gasteiger partial charge in [-0.2, -0.15) is 0 Å². The summed E-state index contributed by atoms with van der Waals surface area (Å²) >= 11 is 0. The van der Waals surface area contributed by atoms with Crippen molar-refractivity contribution in [1.29, 1.82) is 0 Å². The Morgan fingerprint density at radius 2 is 1.86 bits per heavy atom. The van der Waals surface area contributed by atoms with Crippen LogP contribution in [-0.2, 0) is 14.4 Å². The van der Waals surface area contributed by atoms with E-state index in [1.807, 2.05) is 0 Å². The molecule has 0 aromatic carbocycles. The molecule has 0 N–H and O–H groups in total. The third kappa shape index (κ3) is 5.17. The second-order valence-electron chi connectivity index (χ2n) is 6.80. The van der Waals surface area contributed by atoms with Gasteiger partial charge in [-0.15, -0.1) is 10.1 Å². The van der Waals surface area contributed by atoms with Crippen molar-refractivity contribution in [1.82, 2.24) is 0 Å². The van der Waals surface area contributed by atoms with Gasteiger partial charge in [0.2, 0.25) is 6.10 Å². The van der Waals surface area contributed by atoms with Crippen LogP contribution in [0.3, 0.4) is 0 Å². The van der Waals surface area contributed by atoms with Gasteiger partial charge in [0, 0.05) is 0 Å². The average molecular weight is 301 g/mol. The second-order valence-corrected chi connectivity index (χ2v) is 6.80. The van der Waals surface area contributed by atoms with Crippen molar-refractivity contribution in [2.75, 3.05) is 0 Å². The molecule has 0 saturated heterocycles. The summed E-state index contributed by atoms with van der Waals surface area (Å²) in [7, 11) is 0. The van der Waals surface area contributed by atoms with Gasteiger partial charge in [0.25, 0.3) is 5.09 Å². The summed E-state index contributed by atoms with van der Waals surface area (Å²) in [5.74, 6) is 0.317. The molecule has 0 aliphatic heterocycles. The van der Waals surface area contributed by atoms with Crippen LogP contribution in [-0.4, -0.2) is 23.3 Å². The molecule has 1 rings (SSSR count). The smallest absolute Gasteiger partial charge is 0.335 e. The van der Waals surface area contributed by atoms with Crippen LogP contribution in [0.5, 0.6) is 0 Å². The number of rotatable bonds is 6. The van der Waals surface area contributed by atoms with Crippen molar-refractivity contribution in [3.05, 3.63) is 10.1 Å². The predicted octanol–water partition coefficient (Wildman–Crippen LogP) is 3.22. The number of hydrogen-bond acceptors (Lipinski definition) is 5. The molecule has 4 atom stereocenters. The average Bonchev–Trinajstić information content (AvgIpc) is 2.34. The lowest BCUT2D eigenvalue weighted by molar-refractivity contribution is -0.766. The zero-order valence-electron chi connectivity index (χ0n) is 13.6. The molecule has 21 heavy (non-hydrogen) atoms. The molecule has 0 aromatic rings. The van der Waals surface area contributed by atoms with Gasteiger partial charge >= 0.3 is 5.97 Å². The topological polar surface area (TPSA) is 78.7 Å². The zero-order chi connectivity index (χ0) is 16.2. The lowest BCUT2D eigenvalue weighted by Crippen LogP contribution is -2.41. The van der Waals surface area contributed by atoms with Gasteiger partial charge in [-0.1, -0.05) is 41.0 Å². The first-order valence-corrected chi connectivity index (χ1v) is 7.74. The van der Waals surface area contributed by atoms with Crippen LogP contribution in [0.25, 0.3) is 0 Å². The van der Waals surface area contributed by atoms with Crippen molar-refractivity contribution in [3.63, 3.8) is 0 Å². The first-order valence-electron chi connectivity index (χ1n) is 7.74. The summed E-state index contributed by atoms with van der Waals surface area (Å²) in [6, 6.07) is 0. The summed E-state index contributed by atoms with van der Waals surface area (Å²) in [5.41, 5.74) is 0. The number of ether oxygens (including phenoxy) is 1. The van der Waals surface area contributed by atoms with Crippen LogP contribution >= 0.6 is 0 Å². The molecule has 0 amide bonds. The summed E-state index contributed by atoms with van der Waals surface area (Å²) in [6.07, 6.45) is 1.66. The number of esters is 1. The van der Waals surface area contributed by atoms with Gasteiger partial charge in [0.1, 0.15) is 6.10 Å². The Bertz CT molecular complexity index is 369. The maximum absolute atomic E-state index is 12.2. The Morgan fingerprint density at radius 3 is 2.33 bits per heavy atom. The summed E-state index contributed by atoms with van der Waals surface area (Å²) < 4.78 is 5.59. The van der Waals surface area contributed by atoms with E-state index in [4.69, 9.17) is 4.74 Å². The Balaban J connectivity index is 2.74. The van der Waals surface area contributed by atoms with Crippen molar-refractivity contribution in [3.8, 4) is 0 Å². The van der Waals surface area contributed by atoms with Crippen molar-refractivity contribution in [2.45, 2.75) is 66.1 Å². The molecule has 122 valence electrons. The van der Waals surface area contributed by atoms with E-state index in [9.17, 15) is 14.9 Å². The maximum atomic E-state index is 12.2. The van der Waals surface area contributed by atoms with Crippen LogP contribution in [0.1, 0.15) is 53.9 Å². The predicted molar refractivity (Wildman–Crippen MR) is 77.9 cm³/mol. The van der Waals surface area contributed by atoms with Gasteiger partial charge in [-0.05, 0) is 36.5 Å². The van der Waals surface area contributed by atoms with Crippen LogP contribution < -0.4 is 0 Å². The molecule has 0 heterocycles. The minimum atomic E-state index is -1.15. The minimum absolute atomic E-state index is 0.169. The number of nitrogens with zero attached hydrogens (tertiary/aromatic N) is 1. The number of carbonyl (C=O) groups is 1. The Kier molecular flexibility index (Phi) is 6.42. The molecule has 0 radical (unpaired) electrons. The minimum Gasteiger partial charge on any atom is -0.460 e. The molecule has 0 aromatic heterocycles. The fourth-order valence-electron chi connectivity index (χ4n) is 3.00. The maximum Gasteiger partial charge on any atom is 0.335 e. The SMILES string of the molecule is CC1CCC(C(C)C)C(OC(=O)C(O[N+](=O)[O-])C(C)C)C1. The van der Waals surface area contributed by atoms with Crippen LogP contribution in [0.2, 0.25) is 0 Å². The summed E-state index contributed by atoms with van der Waals surface area (Å²) in [4.78, 5) is 27.2. The van der Waals surface area contributed by atoms with Crippen LogP contribution in [0.4, 0.5) is 0 Å². The van der Waals surface area contributed by atoms with Crippen LogP contribution in [0, 0.1) is 33.8 Å². The fourth-order valence-corrected chi connectivity index (χ4v) is 3.00. The van der Waals surface area contributed by atoms with E-state index >= 15 is 0 Å². The largest absolute Gasteiger partial charge is 0.460 e. The van der Waals surface area contributed by atoms with E-state index < -0.39 is 17.2 Å². The molecular weight excluding hydrogens is 274 g/mol. The van der Waals surface area contributed by atoms with Crippen molar-refractivity contribution < 1.29 is 19.5 Å². The molecule has 1 aliphatic rings. The lowest BCUT2D eigenvalue weighted by Gasteiger charge is -2.37. The van der Waals surface area contributed by atoms with E-state index in [-0.39, 0.29) is 12.0 Å². The first kappa shape index (κ1) is 17.7. The Morgan fingerprint density at radius 1 is 1.24 bits per heavy atom. The molecule has 4 unspecified atom stereocenters. The third-order valence-electron chi connectivity index (χ3n) is 4.27. The van der Waals surface area contributed by atoms with E-state index in [2.05, 4.69) is 25.6 Å². The van der Waals surface area contributed by atoms with E-state index in [1.54, 1.807) is 13.8 Å². The van der Waals surface area contributed by atoms with Gasteiger partial charge in [0.05, 0.1) is 0 Å². The third-order valence-corrected chi connectivity index (χ3v) is 4.27. The monoisotopic (exact) mass is 301 g/mol. The standard InChI is InChI=1S/C15H27NO5/c1-9(2)12-7-6-11(5)8-13(12)20-15(17)14(10(3)4)21-16(18)19/h9-14H,6-8H2,1-5H3. The van der Waals surface area contributed by atoms with Crippen molar-refractivity contribution in [2.24, 2.45) is 23.7 Å². The number of hydrogen-bond donors (Lipinski definition) is 0. The van der Waals surface area contributed by atoms with E-state index in [0.717, 1.165) is 19.3 Å². The Hall–Kier alpha value is -1.33. The first-order chi connectivity index (χ1) is 9.72. The summed E-state index contributed by atoms with van der Waals surface area (Å²) in [5, 5.41) is 9.59. The van der Waals surface area contributed by atoms with Crippen LogP contribution in [0.15, 0.2) is 0 Å². The molecule has 1 aliphatic carbocycles. The number of carbonyl (C=O) groups excluding carboxylic acids is 1. The van der Waals surface area contributed by atoms with Gasteiger partial charge in [0.15, 0.2) is 0 Å².